The summed E-state index contributed by atoms with van der Waals surface area (Å²) < 4.78 is 24.3. The Morgan fingerprint density at radius 1 is 1.00 bits per heavy atom. The highest BCUT2D eigenvalue weighted by molar-refractivity contribution is 6.33. The number of anilines is 1. The number of halogens is 4. The smallest absolute Gasteiger partial charge is 0.271 e. The third-order valence-corrected chi connectivity index (χ3v) is 5.29. The maximum absolute atomic E-state index is 13.1. The van der Waals surface area contributed by atoms with Crippen LogP contribution in [0, 0.1) is 15.9 Å². The minimum atomic E-state index is -0.490. The molecule has 182 valence electrons. The lowest BCUT2D eigenvalue weighted by Crippen LogP contribution is -2.22. The maximum Gasteiger partial charge on any atom is 0.271 e. The van der Waals surface area contributed by atoms with E-state index < -0.39 is 4.92 Å². The molecule has 34 heavy (non-hydrogen) atoms. The van der Waals surface area contributed by atoms with Crippen molar-refractivity contribution in [2.75, 3.05) is 25.5 Å². The van der Waals surface area contributed by atoms with Crippen molar-refractivity contribution < 1.29 is 18.8 Å². The topological polar surface area (TPSA) is 85.7 Å². The Hall–Kier alpha value is -2.78. The molecule has 11 heteroatoms. The van der Waals surface area contributed by atoms with Gasteiger partial charge in [-0.1, -0.05) is 35.3 Å². The van der Waals surface area contributed by atoms with Crippen LogP contribution < -0.4 is 20.1 Å². The molecular formula is C23H23Cl3FN3O4. The van der Waals surface area contributed by atoms with E-state index in [0.29, 0.717) is 41.8 Å². The van der Waals surface area contributed by atoms with E-state index in [1.165, 1.54) is 31.4 Å². The monoisotopic (exact) mass is 529 g/mol. The fourth-order valence-electron chi connectivity index (χ4n) is 3.03. The van der Waals surface area contributed by atoms with Gasteiger partial charge >= 0.3 is 0 Å². The molecule has 0 aromatic heterocycles. The first-order valence-corrected chi connectivity index (χ1v) is 10.7. The van der Waals surface area contributed by atoms with Crippen LogP contribution in [0.2, 0.25) is 10.0 Å². The summed E-state index contributed by atoms with van der Waals surface area (Å²) in [5.41, 5.74) is 2.27. The van der Waals surface area contributed by atoms with Gasteiger partial charge in [0.15, 0.2) is 11.5 Å². The fourth-order valence-corrected chi connectivity index (χ4v) is 3.56. The van der Waals surface area contributed by atoms with Crippen LogP contribution in [-0.2, 0) is 13.2 Å². The Morgan fingerprint density at radius 3 is 2.38 bits per heavy atom. The lowest BCUT2D eigenvalue weighted by molar-refractivity contribution is -0.384. The molecule has 0 heterocycles. The SMILES string of the molecule is COc1cc(CNCCNc2ccc([N+](=O)[O-])cc2Cl)cc(Cl)c1OCc1ccc(F)cc1.Cl. The van der Waals surface area contributed by atoms with Crippen LogP contribution in [0.3, 0.4) is 0 Å². The molecular weight excluding hydrogens is 508 g/mol. The zero-order valence-corrected chi connectivity index (χ0v) is 20.5. The predicted octanol–water partition coefficient (Wildman–Crippen LogP) is 6.25. The first-order chi connectivity index (χ1) is 15.9. The Bertz CT molecular complexity index is 1120. The highest BCUT2D eigenvalue weighted by Crippen LogP contribution is 2.37. The number of nitro benzene ring substituents is 1. The van der Waals surface area contributed by atoms with Crippen LogP contribution in [-0.4, -0.2) is 25.1 Å². The van der Waals surface area contributed by atoms with Gasteiger partial charge in [0.1, 0.15) is 12.4 Å². The lowest BCUT2D eigenvalue weighted by atomic mass is 10.2. The number of nitro groups is 1. The van der Waals surface area contributed by atoms with Gasteiger partial charge in [-0.2, -0.15) is 0 Å². The van der Waals surface area contributed by atoms with Gasteiger partial charge in [-0.25, -0.2) is 4.39 Å². The van der Waals surface area contributed by atoms with Gasteiger partial charge in [0, 0.05) is 31.8 Å². The van der Waals surface area contributed by atoms with Crippen molar-refractivity contribution in [3.8, 4) is 11.5 Å². The molecule has 0 radical (unpaired) electrons. The second kappa shape index (κ2) is 13.2. The zero-order valence-electron chi connectivity index (χ0n) is 18.1. The van der Waals surface area contributed by atoms with Gasteiger partial charge in [-0.05, 0) is 41.5 Å². The van der Waals surface area contributed by atoms with Crippen molar-refractivity contribution in [1.29, 1.82) is 0 Å². The first-order valence-electron chi connectivity index (χ1n) is 9.99. The third-order valence-electron chi connectivity index (χ3n) is 4.70. The zero-order chi connectivity index (χ0) is 23.8. The Kier molecular flexibility index (Phi) is 10.7. The average Bonchev–Trinajstić information content (AvgIpc) is 2.79. The number of rotatable bonds is 11. The average molecular weight is 531 g/mol. The van der Waals surface area contributed by atoms with Gasteiger partial charge in [0.05, 0.1) is 27.8 Å². The standard InChI is InChI=1S/C23H22Cl2FN3O4.ClH/c1-32-22-11-16(10-20(25)23(22)33-14-15-2-4-17(26)5-3-15)13-27-8-9-28-21-7-6-18(29(30)31)12-19(21)24;/h2-7,10-12,27-28H,8-9,13-14H2,1H3;1H. The van der Waals surface area contributed by atoms with Gasteiger partial charge in [-0.15, -0.1) is 12.4 Å². The van der Waals surface area contributed by atoms with Crippen molar-refractivity contribution in [3.63, 3.8) is 0 Å². The van der Waals surface area contributed by atoms with E-state index in [-0.39, 0.29) is 35.5 Å². The van der Waals surface area contributed by atoms with Gasteiger partial charge in [0.25, 0.3) is 5.69 Å². The van der Waals surface area contributed by atoms with Gasteiger partial charge in [-0.3, -0.25) is 10.1 Å². The molecule has 0 atom stereocenters. The highest BCUT2D eigenvalue weighted by Gasteiger charge is 2.13. The molecule has 3 rings (SSSR count). The van der Waals surface area contributed by atoms with E-state index in [1.807, 2.05) is 6.07 Å². The predicted molar refractivity (Wildman–Crippen MR) is 134 cm³/mol. The molecule has 2 N–H and O–H groups in total. The van der Waals surface area contributed by atoms with Crippen molar-refractivity contribution in [2.45, 2.75) is 13.2 Å². The highest BCUT2D eigenvalue weighted by atomic mass is 35.5. The normalized spacial score (nSPS) is 10.4. The van der Waals surface area contributed by atoms with Crippen LogP contribution in [0.15, 0.2) is 54.6 Å². The molecule has 0 saturated heterocycles. The van der Waals surface area contributed by atoms with Crippen molar-refractivity contribution in [1.82, 2.24) is 5.32 Å². The number of non-ortho nitro benzene ring substituents is 1. The number of methoxy groups -OCH3 is 1. The quantitative estimate of drug-likeness (QED) is 0.173. The number of hydrogen-bond donors (Lipinski definition) is 2. The van der Waals surface area contributed by atoms with Crippen molar-refractivity contribution >= 4 is 47.0 Å². The molecule has 7 nitrogen and oxygen atoms in total. The summed E-state index contributed by atoms with van der Waals surface area (Å²) in [6, 6.07) is 13.9. The third kappa shape index (κ3) is 7.63. The summed E-state index contributed by atoms with van der Waals surface area (Å²) in [5.74, 6) is 0.608. The molecule has 0 saturated carbocycles. The van der Waals surface area contributed by atoms with E-state index >= 15 is 0 Å². The van der Waals surface area contributed by atoms with E-state index in [2.05, 4.69) is 10.6 Å². The van der Waals surface area contributed by atoms with Crippen LogP contribution in [0.4, 0.5) is 15.8 Å². The summed E-state index contributed by atoms with van der Waals surface area (Å²) >= 11 is 12.5. The summed E-state index contributed by atoms with van der Waals surface area (Å²) in [5, 5.41) is 17.9. The Labute approximate surface area is 212 Å². The Morgan fingerprint density at radius 2 is 1.74 bits per heavy atom. The maximum atomic E-state index is 13.1. The van der Waals surface area contributed by atoms with Gasteiger partial charge < -0.3 is 20.1 Å². The number of nitrogens with zero attached hydrogens (tertiary/aromatic N) is 1. The number of benzene rings is 3. The molecule has 0 aliphatic rings. The summed E-state index contributed by atoms with van der Waals surface area (Å²) in [7, 11) is 1.53. The molecule has 3 aromatic carbocycles. The summed E-state index contributed by atoms with van der Waals surface area (Å²) in [6.45, 7) is 1.92. The van der Waals surface area contributed by atoms with E-state index in [0.717, 1.165) is 11.1 Å². The molecule has 3 aromatic rings. The minimum absolute atomic E-state index is 0. The molecule has 0 unspecified atom stereocenters. The van der Waals surface area contributed by atoms with Crippen molar-refractivity contribution in [2.24, 2.45) is 0 Å². The first kappa shape index (κ1) is 27.5. The molecule has 0 spiro atoms. The molecule has 0 fully saturated rings. The number of hydrogen-bond acceptors (Lipinski definition) is 6. The lowest BCUT2D eigenvalue weighted by Gasteiger charge is -2.15. The van der Waals surface area contributed by atoms with E-state index in [9.17, 15) is 14.5 Å². The molecule has 0 amide bonds. The summed E-state index contributed by atoms with van der Waals surface area (Å²) in [4.78, 5) is 10.3. The van der Waals surface area contributed by atoms with Crippen LogP contribution in [0.25, 0.3) is 0 Å². The van der Waals surface area contributed by atoms with Crippen molar-refractivity contribution in [3.05, 3.63) is 91.7 Å². The number of ether oxygens (including phenoxy) is 2. The molecule has 0 bridgehead atoms. The van der Waals surface area contributed by atoms with Crippen LogP contribution in [0.1, 0.15) is 11.1 Å². The fraction of sp³-hybridized carbons (Fsp3) is 0.217. The number of nitrogens with one attached hydrogen (secondary N) is 2. The van der Waals surface area contributed by atoms with Crippen LogP contribution in [0.5, 0.6) is 11.5 Å². The molecule has 0 aliphatic heterocycles. The largest absolute Gasteiger partial charge is 0.493 e. The van der Waals surface area contributed by atoms with E-state index in [4.69, 9.17) is 32.7 Å². The minimum Gasteiger partial charge on any atom is -0.493 e. The summed E-state index contributed by atoms with van der Waals surface area (Å²) in [6.07, 6.45) is 0. The van der Waals surface area contributed by atoms with Crippen LogP contribution >= 0.6 is 35.6 Å². The molecule has 0 aliphatic carbocycles. The van der Waals surface area contributed by atoms with E-state index in [1.54, 1.807) is 24.3 Å². The Balaban J connectivity index is 0.00000408. The second-order valence-electron chi connectivity index (χ2n) is 7.05. The van der Waals surface area contributed by atoms with Gasteiger partial charge in [0.2, 0.25) is 0 Å². The second-order valence-corrected chi connectivity index (χ2v) is 7.86.